The van der Waals surface area contributed by atoms with Crippen LogP contribution in [0.15, 0.2) is 66.2 Å². The van der Waals surface area contributed by atoms with E-state index in [2.05, 4.69) is 15.3 Å². The van der Waals surface area contributed by atoms with Gasteiger partial charge in [0, 0.05) is 28.4 Å². The van der Waals surface area contributed by atoms with Crippen LogP contribution in [0.4, 0.5) is 9.52 Å². The SMILES string of the molecule is O=C(Cc1csc(-c2ccccc2)n1)Nc1ncc(Cc2ccc(F)cc2)s1. The molecule has 0 aliphatic carbocycles. The van der Waals surface area contributed by atoms with Crippen LogP contribution < -0.4 is 5.32 Å². The number of carbonyl (C=O) groups is 1. The van der Waals surface area contributed by atoms with Crippen LogP contribution in [0.2, 0.25) is 0 Å². The van der Waals surface area contributed by atoms with E-state index in [1.807, 2.05) is 35.7 Å². The van der Waals surface area contributed by atoms with Gasteiger partial charge >= 0.3 is 0 Å². The van der Waals surface area contributed by atoms with Crippen LogP contribution in [0.5, 0.6) is 0 Å². The van der Waals surface area contributed by atoms with Gasteiger partial charge in [-0.15, -0.1) is 22.7 Å². The molecule has 140 valence electrons. The highest BCUT2D eigenvalue weighted by molar-refractivity contribution is 7.15. The summed E-state index contributed by atoms with van der Waals surface area (Å²) in [5.41, 5.74) is 2.79. The molecule has 2 heterocycles. The van der Waals surface area contributed by atoms with Crippen molar-refractivity contribution >= 4 is 33.7 Å². The van der Waals surface area contributed by atoms with E-state index in [-0.39, 0.29) is 18.1 Å². The van der Waals surface area contributed by atoms with Crippen molar-refractivity contribution in [1.29, 1.82) is 0 Å². The summed E-state index contributed by atoms with van der Waals surface area (Å²) in [6.07, 6.45) is 2.59. The first-order valence-corrected chi connectivity index (χ1v) is 10.3. The normalized spacial score (nSPS) is 10.8. The van der Waals surface area contributed by atoms with Crippen molar-refractivity contribution in [3.05, 3.63) is 88.1 Å². The lowest BCUT2D eigenvalue weighted by Crippen LogP contribution is -2.14. The summed E-state index contributed by atoms with van der Waals surface area (Å²) in [6.45, 7) is 0. The number of nitrogens with one attached hydrogen (secondary N) is 1. The number of amides is 1. The molecule has 2 aromatic heterocycles. The van der Waals surface area contributed by atoms with Crippen molar-refractivity contribution in [2.75, 3.05) is 5.32 Å². The summed E-state index contributed by atoms with van der Waals surface area (Å²) >= 11 is 2.94. The van der Waals surface area contributed by atoms with Crippen LogP contribution in [0, 0.1) is 5.82 Å². The maximum atomic E-state index is 13.0. The van der Waals surface area contributed by atoms with Gasteiger partial charge in [-0.25, -0.2) is 14.4 Å². The van der Waals surface area contributed by atoms with Crippen molar-refractivity contribution in [2.45, 2.75) is 12.8 Å². The molecule has 1 amide bonds. The Morgan fingerprint density at radius 3 is 2.64 bits per heavy atom. The summed E-state index contributed by atoms with van der Waals surface area (Å²) in [5, 5.41) is 6.19. The zero-order chi connectivity index (χ0) is 19.3. The summed E-state index contributed by atoms with van der Waals surface area (Å²) in [6, 6.07) is 16.3. The molecule has 7 heteroatoms. The molecule has 28 heavy (non-hydrogen) atoms. The van der Waals surface area contributed by atoms with Crippen LogP contribution in [0.3, 0.4) is 0 Å². The number of thiazole rings is 2. The average Bonchev–Trinajstić information content (AvgIpc) is 3.34. The average molecular weight is 410 g/mol. The highest BCUT2D eigenvalue weighted by Crippen LogP contribution is 2.24. The summed E-state index contributed by atoms with van der Waals surface area (Å²) < 4.78 is 13.0. The van der Waals surface area contributed by atoms with Gasteiger partial charge in [0.25, 0.3) is 0 Å². The Hall–Kier alpha value is -2.90. The number of carbonyl (C=O) groups excluding carboxylic acids is 1. The van der Waals surface area contributed by atoms with E-state index in [0.717, 1.165) is 26.7 Å². The van der Waals surface area contributed by atoms with Gasteiger partial charge in [-0.1, -0.05) is 42.5 Å². The van der Waals surface area contributed by atoms with Gasteiger partial charge in [-0.2, -0.15) is 0 Å². The fraction of sp³-hybridized carbons (Fsp3) is 0.0952. The molecule has 0 fully saturated rings. The van der Waals surface area contributed by atoms with Crippen molar-refractivity contribution < 1.29 is 9.18 Å². The second kappa shape index (κ2) is 8.41. The number of anilines is 1. The van der Waals surface area contributed by atoms with Gasteiger partial charge in [0.2, 0.25) is 5.91 Å². The minimum atomic E-state index is -0.251. The molecular weight excluding hydrogens is 393 g/mol. The Morgan fingerprint density at radius 2 is 1.86 bits per heavy atom. The van der Waals surface area contributed by atoms with Crippen LogP contribution in [-0.4, -0.2) is 15.9 Å². The largest absolute Gasteiger partial charge is 0.302 e. The van der Waals surface area contributed by atoms with Gasteiger partial charge in [-0.3, -0.25) is 4.79 Å². The van der Waals surface area contributed by atoms with E-state index in [1.54, 1.807) is 18.3 Å². The first kappa shape index (κ1) is 18.5. The van der Waals surface area contributed by atoms with E-state index >= 15 is 0 Å². The maximum absolute atomic E-state index is 13.0. The van der Waals surface area contributed by atoms with Gasteiger partial charge in [-0.05, 0) is 17.7 Å². The Morgan fingerprint density at radius 1 is 1.07 bits per heavy atom. The van der Waals surface area contributed by atoms with E-state index < -0.39 is 0 Å². The summed E-state index contributed by atoms with van der Waals surface area (Å²) in [4.78, 5) is 22.1. The quantitative estimate of drug-likeness (QED) is 0.477. The molecule has 0 aliphatic heterocycles. The molecule has 0 radical (unpaired) electrons. The fourth-order valence-electron chi connectivity index (χ4n) is 2.68. The first-order valence-electron chi connectivity index (χ1n) is 8.64. The smallest absolute Gasteiger partial charge is 0.232 e. The molecule has 0 bridgehead atoms. The third-order valence-corrected chi connectivity index (χ3v) is 5.86. The number of rotatable bonds is 6. The molecule has 0 saturated heterocycles. The lowest BCUT2D eigenvalue weighted by atomic mass is 10.1. The Balaban J connectivity index is 1.35. The predicted molar refractivity (Wildman–Crippen MR) is 111 cm³/mol. The highest BCUT2D eigenvalue weighted by atomic mass is 32.1. The van der Waals surface area contributed by atoms with Gasteiger partial charge in [0.05, 0.1) is 12.1 Å². The molecule has 4 rings (SSSR count). The summed E-state index contributed by atoms with van der Waals surface area (Å²) in [5.74, 6) is -0.397. The lowest BCUT2D eigenvalue weighted by molar-refractivity contribution is -0.115. The molecule has 1 N–H and O–H groups in total. The zero-order valence-corrected chi connectivity index (χ0v) is 16.4. The van der Waals surface area contributed by atoms with E-state index in [1.165, 1.54) is 34.8 Å². The molecule has 0 atom stereocenters. The Bertz CT molecular complexity index is 1070. The number of aromatic nitrogens is 2. The standard InChI is InChI=1S/C21H16FN3OS2/c22-16-8-6-14(7-9-16)10-18-12-23-21(28-18)25-19(26)11-17-13-27-20(24-17)15-4-2-1-3-5-15/h1-9,12-13H,10-11H2,(H,23,25,26). The van der Waals surface area contributed by atoms with Crippen molar-refractivity contribution in [3.8, 4) is 10.6 Å². The van der Waals surface area contributed by atoms with Gasteiger partial charge < -0.3 is 5.32 Å². The number of halogens is 1. The number of benzene rings is 2. The second-order valence-electron chi connectivity index (χ2n) is 6.17. The molecule has 0 unspecified atom stereocenters. The molecule has 2 aromatic carbocycles. The minimum Gasteiger partial charge on any atom is -0.302 e. The van der Waals surface area contributed by atoms with Crippen molar-refractivity contribution in [3.63, 3.8) is 0 Å². The van der Waals surface area contributed by atoms with E-state index in [0.29, 0.717) is 11.6 Å². The molecule has 4 aromatic rings. The predicted octanol–water partition coefficient (Wildman–Crippen LogP) is 5.18. The minimum absolute atomic E-state index is 0.146. The lowest BCUT2D eigenvalue weighted by Gasteiger charge is -2.00. The third-order valence-electron chi connectivity index (χ3n) is 4.01. The monoisotopic (exact) mass is 409 g/mol. The van der Waals surface area contributed by atoms with Crippen LogP contribution in [-0.2, 0) is 17.6 Å². The summed E-state index contributed by atoms with van der Waals surface area (Å²) in [7, 11) is 0. The number of hydrogen-bond acceptors (Lipinski definition) is 5. The Kier molecular flexibility index (Phi) is 5.55. The van der Waals surface area contributed by atoms with Gasteiger partial charge in [0.1, 0.15) is 10.8 Å². The topological polar surface area (TPSA) is 54.9 Å². The Labute approximate surface area is 169 Å². The fourth-order valence-corrected chi connectivity index (χ4v) is 4.37. The van der Waals surface area contributed by atoms with Crippen molar-refractivity contribution in [1.82, 2.24) is 9.97 Å². The third kappa shape index (κ3) is 4.68. The van der Waals surface area contributed by atoms with Crippen LogP contribution >= 0.6 is 22.7 Å². The molecule has 4 nitrogen and oxygen atoms in total. The van der Waals surface area contributed by atoms with Gasteiger partial charge in [0.15, 0.2) is 5.13 Å². The first-order chi connectivity index (χ1) is 13.7. The van der Waals surface area contributed by atoms with Crippen molar-refractivity contribution in [2.24, 2.45) is 0 Å². The van der Waals surface area contributed by atoms with E-state index in [4.69, 9.17) is 0 Å². The molecular formula is C21H16FN3OS2. The molecule has 0 spiro atoms. The molecule has 0 aliphatic rings. The van der Waals surface area contributed by atoms with Crippen LogP contribution in [0.25, 0.3) is 10.6 Å². The molecule has 0 saturated carbocycles. The van der Waals surface area contributed by atoms with Crippen LogP contribution in [0.1, 0.15) is 16.1 Å². The number of hydrogen-bond donors (Lipinski definition) is 1. The van der Waals surface area contributed by atoms with E-state index in [9.17, 15) is 9.18 Å². The zero-order valence-electron chi connectivity index (χ0n) is 14.8. The second-order valence-corrected chi connectivity index (χ2v) is 8.14. The number of nitrogens with zero attached hydrogens (tertiary/aromatic N) is 2. The highest BCUT2D eigenvalue weighted by Gasteiger charge is 2.11. The maximum Gasteiger partial charge on any atom is 0.232 e.